The normalized spacial score (nSPS) is 10.2. The third kappa shape index (κ3) is 3.60. The lowest BCUT2D eigenvalue weighted by Crippen LogP contribution is -2.09. The summed E-state index contributed by atoms with van der Waals surface area (Å²) in [5, 5.41) is 2.82. The van der Waals surface area contributed by atoms with Crippen LogP contribution in [0, 0.1) is 13.8 Å². The largest absolute Gasteiger partial charge is 0.457 e. The van der Waals surface area contributed by atoms with Crippen molar-refractivity contribution in [3.05, 3.63) is 53.6 Å². The second-order valence-electron chi connectivity index (χ2n) is 4.78. The average molecular weight is 269 g/mol. The number of rotatable bonds is 4. The molecule has 0 saturated carbocycles. The summed E-state index contributed by atoms with van der Waals surface area (Å²) in [6, 6.07) is 13.4. The molecule has 0 radical (unpaired) electrons. The smallest absolute Gasteiger partial charge is 0.224 e. The van der Waals surface area contributed by atoms with E-state index in [1.165, 1.54) is 11.1 Å². The molecule has 104 valence electrons. The Morgan fingerprint density at radius 3 is 2.50 bits per heavy atom. The first-order chi connectivity index (χ1) is 9.58. The van der Waals surface area contributed by atoms with Gasteiger partial charge in [-0.25, -0.2) is 0 Å². The van der Waals surface area contributed by atoms with E-state index in [1.807, 2.05) is 49.4 Å². The Balaban J connectivity index is 2.14. The SMILES string of the molecule is CCC(=O)Nc1cccc(Oc2ccc(C)c(C)c2)c1. The highest BCUT2D eigenvalue weighted by Crippen LogP contribution is 2.25. The first-order valence-electron chi connectivity index (χ1n) is 6.73. The van der Waals surface area contributed by atoms with Crippen LogP contribution in [0.5, 0.6) is 11.5 Å². The molecule has 1 N–H and O–H groups in total. The first kappa shape index (κ1) is 14.1. The molecular weight excluding hydrogens is 250 g/mol. The molecule has 0 saturated heterocycles. The predicted octanol–water partition coefficient (Wildman–Crippen LogP) is 4.44. The Labute approximate surface area is 119 Å². The Bertz CT molecular complexity index is 620. The summed E-state index contributed by atoms with van der Waals surface area (Å²) < 4.78 is 5.82. The standard InChI is InChI=1S/C17H19NO2/c1-4-17(19)18-14-6-5-7-15(11-14)20-16-9-8-12(2)13(3)10-16/h5-11H,4H2,1-3H3,(H,18,19). The number of amides is 1. The third-order valence-corrected chi connectivity index (χ3v) is 3.15. The van der Waals surface area contributed by atoms with Crippen molar-refractivity contribution in [1.82, 2.24) is 0 Å². The van der Waals surface area contributed by atoms with Crippen LogP contribution in [0.15, 0.2) is 42.5 Å². The molecule has 2 aromatic carbocycles. The molecule has 0 atom stereocenters. The van der Waals surface area contributed by atoms with E-state index in [1.54, 1.807) is 0 Å². The summed E-state index contributed by atoms with van der Waals surface area (Å²) in [6.07, 6.45) is 0.461. The summed E-state index contributed by atoms with van der Waals surface area (Å²) in [5.74, 6) is 1.50. The van der Waals surface area contributed by atoms with Gasteiger partial charge in [-0.2, -0.15) is 0 Å². The van der Waals surface area contributed by atoms with E-state index in [0.29, 0.717) is 12.2 Å². The lowest BCUT2D eigenvalue weighted by Gasteiger charge is -2.10. The highest BCUT2D eigenvalue weighted by Gasteiger charge is 2.03. The number of anilines is 1. The molecule has 0 aromatic heterocycles. The zero-order chi connectivity index (χ0) is 14.5. The average Bonchev–Trinajstić information content (AvgIpc) is 2.43. The Hall–Kier alpha value is -2.29. The van der Waals surface area contributed by atoms with Crippen molar-refractivity contribution in [3.63, 3.8) is 0 Å². The Kier molecular flexibility index (Phi) is 4.41. The quantitative estimate of drug-likeness (QED) is 0.890. The van der Waals surface area contributed by atoms with Gasteiger partial charge in [-0.3, -0.25) is 4.79 Å². The molecular formula is C17H19NO2. The number of hydrogen-bond donors (Lipinski definition) is 1. The maximum absolute atomic E-state index is 11.4. The van der Waals surface area contributed by atoms with Gasteiger partial charge in [0.15, 0.2) is 0 Å². The van der Waals surface area contributed by atoms with Crippen molar-refractivity contribution in [1.29, 1.82) is 0 Å². The number of aryl methyl sites for hydroxylation is 2. The van der Waals surface area contributed by atoms with Crippen molar-refractivity contribution in [2.75, 3.05) is 5.32 Å². The second kappa shape index (κ2) is 6.24. The van der Waals surface area contributed by atoms with Crippen LogP contribution in [0.2, 0.25) is 0 Å². The van der Waals surface area contributed by atoms with Crippen LogP contribution in [0.3, 0.4) is 0 Å². The highest BCUT2D eigenvalue weighted by molar-refractivity contribution is 5.90. The summed E-state index contributed by atoms with van der Waals surface area (Å²) in [7, 11) is 0. The van der Waals surface area contributed by atoms with Gasteiger partial charge < -0.3 is 10.1 Å². The van der Waals surface area contributed by atoms with Crippen LogP contribution in [0.25, 0.3) is 0 Å². The Morgan fingerprint density at radius 2 is 1.80 bits per heavy atom. The molecule has 0 spiro atoms. The van der Waals surface area contributed by atoms with Crippen molar-refractivity contribution in [3.8, 4) is 11.5 Å². The molecule has 1 amide bonds. The van der Waals surface area contributed by atoms with Crippen molar-refractivity contribution in [2.24, 2.45) is 0 Å². The van der Waals surface area contributed by atoms with Crippen LogP contribution in [-0.4, -0.2) is 5.91 Å². The van der Waals surface area contributed by atoms with Gasteiger partial charge in [0.2, 0.25) is 5.91 Å². The van der Waals surface area contributed by atoms with Crippen LogP contribution in [-0.2, 0) is 4.79 Å². The van der Waals surface area contributed by atoms with E-state index in [4.69, 9.17) is 4.74 Å². The minimum Gasteiger partial charge on any atom is -0.457 e. The Morgan fingerprint density at radius 1 is 1.05 bits per heavy atom. The van der Waals surface area contributed by atoms with Gasteiger partial charge in [-0.15, -0.1) is 0 Å². The fourth-order valence-corrected chi connectivity index (χ4v) is 1.80. The molecule has 0 aliphatic carbocycles. The maximum atomic E-state index is 11.4. The molecule has 2 aromatic rings. The molecule has 0 bridgehead atoms. The topological polar surface area (TPSA) is 38.3 Å². The van der Waals surface area contributed by atoms with Gasteiger partial charge in [-0.1, -0.05) is 19.1 Å². The monoisotopic (exact) mass is 269 g/mol. The van der Waals surface area contributed by atoms with Gasteiger partial charge in [0.1, 0.15) is 11.5 Å². The van der Waals surface area contributed by atoms with E-state index in [-0.39, 0.29) is 5.91 Å². The predicted molar refractivity (Wildman–Crippen MR) is 81.4 cm³/mol. The number of ether oxygens (including phenoxy) is 1. The summed E-state index contributed by atoms with van der Waals surface area (Å²) >= 11 is 0. The van der Waals surface area contributed by atoms with Gasteiger partial charge in [0.25, 0.3) is 0 Å². The maximum Gasteiger partial charge on any atom is 0.224 e. The van der Waals surface area contributed by atoms with Crippen molar-refractivity contribution >= 4 is 11.6 Å². The molecule has 0 heterocycles. The van der Waals surface area contributed by atoms with Crippen LogP contribution >= 0.6 is 0 Å². The lowest BCUT2D eigenvalue weighted by molar-refractivity contribution is -0.115. The number of hydrogen-bond acceptors (Lipinski definition) is 2. The molecule has 0 aliphatic rings. The number of benzene rings is 2. The number of carbonyl (C=O) groups excluding carboxylic acids is 1. The van der Waals surface area contributed by atoms with Gasteiger partial charge in [0, 0.05) is 18.2 Å². The molecule has 2 rings (SSSR count). The van der Waals surface area contributed by atoms with Crippen LogP contribution < -0.4 is 10.1 Å². The fourth-order valence-electron chi connectivity index (χ4n) is 1.80. The zero-order valence-electron chi connectivity index (χ0n) is 12.1. The molecule has 3 nitrogen and oxygen atoms in total. The summed E-state index contributed by atoms with van der Waals surface area (Å²) in [5.41, 5.74) is 3.18. The van der Waals surface area contributed by atoms with E-state index < -0.39 is 0 Å². The van der Waals surface area contributed by atoms with E-state index in [2.05, 4.69) is 19.2 Å². The van der Waals surface area contributed by atoms with Crippen LogP contribution in [0.4, 0.5) is 5.69 Å². The van der Waals surface area contributed by atoms with Crippen molar-refractivity contribution < 1.29 is 9.53 Å². The minimum absolute atomic E-state index is 0.00618. The lowest BCUT2D eigenvalue weighted by atomic mass is 10.1. The molecule has 3 heteroatoms. The van der Waals surface area contributed by atoms with E-state index in [0.717, 1.165) is 11.4 Å². The second-order valence-corrected chi connectivity index (χ2v) is 4.78. The summed E-state index contributed by atoms with van der Waals surface area (Å²) in [4.78, 5) is 11.4. The van der Waals surface area contributed by atoms with Gasteiger partial charge in [-0.05, 0) is 49.2 Å². The van der Waals surface area contributed by atoms with E-state index >= 15 is 0 Å². The van der Waals surface area contributed by atoms with Gasteiger partial charge in [0.05, 0.1) is 0 Å². The molecule has 0 fully saturated rings. The number of nitrogens with one attached hydrogen (secondary N) is 1. The highest BCUT2D eigenvalue weighted by atomic mass is 16.5. The third-order valence-electron chi connectivity index (χ3n) is 3.15. The fraction of sp³-hybridized carbons (Fsp3) is 0.235. The molecule has 0 unspecified atom stereocenters. The van der Waals surface area contributed by atoms with Gasteiger partial charge >= 0.3 is 0 Å². The van der Waals surface area contributed by atoms with Crippen LogP contribution in [0.1, 0.15) is 24.5 Å². The first-order valence-corrected chi connectivity index (χ1v) is 6.73. The number of carbonyl (C=O) groups is 1. The minimum atomic E-state index is -0.00618. The van der Waals surface area contributed by atoms with E-state index in [9.17, 15) is 4.79 Å². The summed E-state index contributed by atoms with van der Waals surface area (Å²) in [6.45, 7) is 5.95. The zero-order valence-corrected chi connectivity index (χ0v) is 12.1. The molecule has 20 heavy (non-hydrogen) atoms. The molecule has 0 aliphatic heterocycles. The van der Waals surface area contributed by atoms with Crippen molar-refractivity contribution in [2.45, 2.75) is 27.2 Å².